The third-order valence-corrected chi connectivity index (χ3v) is 4.70. The monoisotopic (exact) mass is 284 g/mol. The van der Waals surface area contributed by atoms with Gasteiger partial charge in [-0.1, -0.05) is 30.8 Å². The van der Waals surface area contributed by atoms with Gasteiger partial charge in [-0.05, 0) is 44.3 Å². The molecule has 0 aromatic heterocycles. The number of rotatable bonds is 4. The predicted molar refractivity (Wildman–Crippen MR) is 85.7 cm³/mol. The summed E-state index contributed by atoms with van der Waals surface area (Å²) >= 11 is 0. The molecule has 0 N–H and O–H groups in total. The number of likely N-dealkylation sites (tertiary alicyclic amines) is 1. The van der Waals surface area contributed by atoms with E-state index >= 15 is 0 Å². The summed E-state index contributed by atoms with van der Waals surface area (Å²) in [6, 6.07) is 8.58. The van der Waals surface area contributed by atoms with Gasteiger partial charge in [-0.15, -0.1) is 0 Å². The van der Waals surface area contributed by atoms with Gasteiger partial charge >= 0.3 is 0 Å². The number of nitrogens with zero attached hydrogens (tertiary/aromatic N) is 2. The Bertz CT molecular complexity index is 544. The predicted octanol–water partition coefficient (Wildman–Crippen LogP) is 2.77. The zero-order chi connectivity index (χ0) is 14.8. The number of benzene rings is 1. The van der Waals surface area contributed by atoms with Gasteiger partial charge in [0.2, 0.25) is 0 Å². The van der Waals surface area contributed by atoms with Crippen LogP contribution in [-0.2, 0) is 11.3 Å². The third-order valence-electron chi connectivity index (χ3n) is 4.70. The molecule has 0 aliphatic carbocycles. The van der Waals surface area contributed by atoms with E-state index in [1.165, 1.54) is 29.7 Å². The number of carbonyl (C=O) groups excluding carboxylic acids is 1. The lowest BCUT2D eigenvalue weighted by atomic mass is 9.96. The fraction of sp³-hybridized carbons (Fsp3) is 0.500. The van der Waals surface area contributed by atoms with Crippen LogP contribution in [0.25, 0.3) is 5.70 Å². The minimum absolute atomic E-state index is 0.275. The summed E-state index contributed by atoms with van der Waals surface area (Å²) in [5, 5.41) is 0. The molecule has 1 aromatic carbocycles. The summed E-state index contributed by atoms with van der Waals surface area (Å²) < 4.78 is 0. The standard InChI is InChI=1S/C18H24N2O/c1-14(21)11-19-9-7-16(8-10-19)12-20-13-17-5-3-4-6-18(17)15(20)2/h3-6,16H,2,7-13H2,1H3. The Morgan fingerprint density at radius 3 is 2.67 bits per heavy atom. The Balaban J connectivity index is 1.53. The largest absolute Gasteiger partial charge is 0.367 e. The molecule has 2 aliphatic rings. The van der Waals surface area contributed by atoms with Crippen molar-refractivity contribution in [3.05, 3.63) is 42.0 Å². The van der Waals surface area contributed by atoms with Crippen molar-refractivity contribution in [3.63, 3.8) is 0 Å². The van der Waals surface area contributed by atoms with Crippen molar-refractivity contribution >= 4 is 11.5 Å². The van der Waals surface area contributed by atoms with E-state index in [9.17, 15) is 4.79 Å². The van der Waals surface area contributed by atoms with E-state index in [1.807, 2.05) is 0 Å². The average Bonchev–Trinajstić information content (AvgIpc) is 2.78. The smallest absolute Gasteiger partial charge is 0.143 e. The molecular weight excluding hydrogens is 260 g/mol. The highest BCUT2D eigenvalue weighted by Crippen LogP contribution is 2.33. The summed E-state index contributed by atoms with van der Waals surface area (Å²) in [4.78, 5) is 15.9. The SMILES string of the molecule is C=C1c2ccccc2CN1CC1CCN(CC(C)=O)CC1. The lowest BCUT2D eigenvalue weighted by Gasteiger charge is -2.34. The van der Waals surface area contributed by atoms with Gasteiger partial charge < -0.3 is 4.90 Å². The third kappa shape index (κ3) is 3.18. The highest BCUT2D eigenvalue weighted by Gasteiger charge is 2.26. The summed E-state index contributed by atoms with van der Waals surface area (Å²) in [5.74, 6) is 0.996. The van der Waals surface area contributed by atoms with Gasteiger partial charge in [0.1, 0.15) is 5.78 Å². The molecule has 112 valence electrons. The summed E-state index contributed by atoms with van der Waals surface area (Å²) in [6.07, 6.45) is 2.38. The second-order valence-electron chi connectivity index (χ2n) is 6.41. The number of fused-ring (bicyclic) bond motifs is 1. The maximum Gasteiger partial charge on any atom is 0.143 e. The van der Waals surface area contributed by atoms with Crippen LogP contribution in [0.15, 0.2) is 30.8 Å². The lowest BCUT2D eigenvalue weighted by Crippen LogP contribution is -2.39. The Morgan fingerprint density at radius 2 is 2.00 bits per heavy atom. The topological polar surface area (TPSA) is 23.6 Å². The highest BCUT2D eigenvalue weighted by atomic mass is 16.1. The van der Waals surface area contributed by atoms with Gasteiger partial charge in [-0.2, -0.15) is 0 Å². The molecular formula is C18H24N2O. The minimum Gasteiger partial charge on any atom is -0.367 e. The first-order valence-corrected chi connectivity index (χ1v) is 7.87. The maximum absolute atomic E-state index is 11.2. The van der Waals surface area contributed by atoms with Crippen molar-refractivity contribution in [2.45, 2.75) is 26.3 Å². The second kappa shape index (κ2) is 6.02. The van der Waals surface area contributed by atoms with Crippen LogP contribution in [0.3, 0.4) is 0 Å². The molecule has 3 nitrogen and oxygen atoms in total. The van der Waals surface area contributed by atoms with Gasteiger partial charge in [0.25, 0.3) is 0 Å². The molecule has 1 saturated heterocycles. The summed E-state index contributed by atoms with van der Waals surface area (Å²) in [6.45, 7) is 10.8. The van der Waals surface area contributed by atoms with Crippen LogP contribution in [0.5, 0.6) is 0 Å². The number of Topliss-reactive ketones (excluding diaryl/α,β-unsaturated/α-hetero) is 1. The van der Waals surface area contributed by atoms with Crippen LogP contribution >= 0.6 is 0 Å². The lowest BCUT2D eigenvalue weighted by molar-refractivity contribution is -0.118. The van der Waals surface area contributed by atoms with Crippen LogP contribution in [0.1, 0.15) is 30.9 Å². The molecule has 2 aliphatic heterocycles. The number of carbonyl (C=O) groups is 1. The Labute approximate surface area is 127 Å². The molecule has 0 radical (unpaired) electrons. The van der Waals surface area contributed by atoms with Gasteiger partial charge in [-0.3, -0.25) is 9.69 Å². The van der Waals surface area contributed by atoms with Crippen molar-refractivity contribution in [3.8, 4) is 0 Å². The zero-order valence-electron chi connectivity index (χ0n) is 12.8. The molecule has 1 aromatic rings. The fourth-order valence-electron chi connectivity index (χ4n) is 3.54. The molecule has 2 heterocycles. The van der Waals surface area contributed by atoms with E-state index in [2.05, 4.69) is 40.6 Å². The van der Waals surface area contributed by atoms with Crippen molar-refractivity contribution in [1.29, 1.82) is 0 Å². The summed E-state index contributed by atoms with van der Waals surface area (Å²) in [7, 11) is 0. The van der Waals surface area contributed by atoms with Crippen LogP contribution < -0.4 is 0 Å². The van der Waals surface area contributed by atoms with E-state index in [4.69, 9.17) is 0 Å². The normalized spacial score (nSPS) is 19.9. The number of ketones is 1. The molecule has 0 saturated carbocycles. The number of piperidine rings is 1. The molecule has 0 unspecified atom stereocenters. The highest BCUT2D eigenvalue weighted by molar-refractivity contribution is 5.77. The Kier molecular flexibility index (Phi) is 4.11. The minimum atomic E-state index is 0.275. The molecule has 0 atom stereocenters. The molecule has 0 bridgehead atoms. The first-order chi connectivity index (χ1) is 10.1. The van der Waals surface area contributed by atoms with Gasteiger partial charge in [-0.25, -0.2) is 0 Å². The molecule has 3 rings (SSSR count). The second-order valence-corrected chi connectivity index (χ2v) is 6.41. The molecule has 1 fully saturated rings. The Morgan fingerprint density at radius 1 is 1.29 bits per heavy atom. The van der Waals surface area contributed by atoms with E-state index in [0.717, 1.165) is 32.1 Å². The van der Waals surface area contributed by atoms with Gasteiger partial charge in [0, 0.05) is 24.4 Å². The van der Waals surface area contributed by atoms with Crippen LogP contribution in [0.4, 0.5) is 0 Å². The van der Waals surface area contributed by atoms with Crippen LogP contribution in [0, 0.1) is 5.92 Å². The van der Waals surface area contributed by atoms with E-state index in [0.29, 0.717) is 6.54 Å². The zero-order valence-corrected chi connectivity index (χ0v) is 12.8. The van der Waals surface area contributed by atoms with E-state index < -0.39 is 0 Å². The molecule has 0 spiro atoms. The van der Waals surface area contributed by atoms with E-state index in [1.54, 1.807) is 6.92 Å². The average molecular weight is 284 g/mol. The van der Waals surface area contributed by atoms with Crippen molar-refractivity contribution in [2.24, 2.45) is 5.92 Å². The first-order valence-electron chi connectivity index (χ1n) is 7.87. The van der Waals surface area contributed by atoms with Gasteiger partial charge in [0.15, 0.2) is 0 Å². The quantitative estimate of drug-likeness (QED) is 0.849. The van der Waals surface area contributed by atoms with Gasteiger partial charge in [0.05, 0.1) is 6.54 Å². The molecule has 0 amide bonds. The molecule has 21 heavy (non-hydrogen) atoms. The summed E-state index contributed by atoms with van der Waals surface area (Å²) in [5.41, 5.74) is 3.89. The van der Waals surface area contributed by atoms with Crippen molar-refractivity contribution in [1.82, 2.24) is 9.80 Å². The van der Waals surface area contributed by atoms with Crippen molar-refractivity contribution in [2.75, 3.05) is 26.2 Å². The number of hydrogen-bond donors (Lipinski definition) is 0. The van der Waals surface area contributed by atoms with Crippen molar-refractivity contribution < 1.29 is 4.79 Å². The van der Waals surface area contributed by atoms with Crippen LogP contribution in [-0.4, -0.2) is 41.8 Å². The Hall–Kier alpha value is -1.61. The maximum atomic E-state index is 11.2. The fourth-order valence-corrected chi connectivity index (χ4v) is 3.54. The molecule has 3 heteroatoms. The first kappa shape index (κ1) is 14.3. The van der Waals surface area contributed by atoms with Crippen LogP contribution in [0.2, 0.25) is 0 Å². The number of hydrogen-bond acceptors (Lipinski definition) is 3. The van der Waals surface area contributed by atoms with E-state index in [-0.39, 0.29) is 5.78 Å².